The predicted molar refractivity (Wildman–Crippen MR) is 104 cm³/mol. The standard InChI is InChI=1S/2C8H18N3.CH3.Al/c2*1-7(2,3)9-11-10-8(4,5)6;;/h2*1-6H3;1H3;/q2*-1;;+2. The Labute approximate surface area is 154 Å². The summed E-state index contributed by atoms with van der Waals surface area (Å²) in [5.74, 6) is 2.24. The summed E-state index contributed by atoms with van der Waals surface area (Å²) in [4.78, 5) is 0. The Kier molecular flexibility index (Phi) is 7.48. The van der Waals surface area contributed by atoms with Gasteiger partial charge in [-0.1, -0.05) is 5.79 Å². The van der Waals surface area contributed by atoms with Crippen LogP contribution in [0.4, 0.5) is 0 Å². The molecule has 0 saturated heterocycles. The summed E-state index contributed by atoms with van der Waals surface area (Å²) < 4.78 is 4.29. The van der Waals surface area contributed by atoms with Crippen molar-refractivity contribution in [1.82, 2.24) is 7.98 Å². The van der Waals surface area contributed by atoms with E-state index in [0.29, 0.717) is 0 Å². The molecule has 0 saturated carbocycles. The summed E-state index contributed by atoms with van der Waals surface area (Å²) in [7, 11) is 0. The van der Waals surface area contributed by atoms with E-state index in [0.717, 1.165) is 0 Å². The van der Waals surface area contributed by atoms with Crippen LogP contribution in [0.25, 0.3) is 0 Å². The van der Waals surface area contributed by atoms with Crippen LogP contribution in [0.15, 0.2) is 20.7 Å². The van der Waals surface area contributed by atoms with Gasteiger partial charge in [0.05, 0.1) is 11.1 Å². The summed E-state index contributed by atoms with van der Waals surface area (Å²) in [6.07, 6.45) is 0. The molecule has 0 unspecified atom stereocenters. The zero-order chi connectivity index (χ0) is 19.6. The van der Waals surface area contributed by atoms with Crippen molar-refractivity contribution in [3.05, 3.63) is 0 Å². The molecule has 7 heteroatoms. The predicted octanol–water partition coefficient (Wildman–Crippen LogP) is 5.64. The van der Waals surface area contributed by atoms with E-state index < -0.39 is 14.6 Å². The average Bonchev–Trinajstić information content (AvgIpc) is 2.21. The maximum absolute atomic E-state index is 4.62. The molecule has 0 aromatic rings. The van der Waals surface area contributed by atoms with Gasteiger partial charge in [0, 0.05) is 11.1 Å². The second kappa shape index (κ2) is 7.70. The lowest BCUT2D eigenvalue weighted by Gasteiger charge is -2.43. The van der Waals surface area contributed by atoms with Gasteiger partial charge < -0.3 is 7.98 Å². The van der Waals surface area contributed by atoms with Gasteiger partial charge in [0.1, 0.15) is 0 Å². The van der Waals surface area contributed by atoms with Crippen LogP contribution >= 0.6 is 0 Å². The molecule has 0 aromatic carbocycles. The summed E-state index contributed by atoms with van der Waals surface area (Å²) >= 11 is -1.72. The van der Waals surface area contributed by atoms with E-state index in [9.17, 15) is 0 Å². The smallest absolute Gasteiger partial charge is 0.340 e. The molecule has 0 spiro atoms. The minimum absolute atomic E-state index is 0.124. The van der Waals surface area contributed by atoms with Crippen molar-refractivity contribution in [3.8, 4) is 0 Å². The zero-order valence-corrected chi connectivity index (χ0v) is 19.4. The zero-order valence-electron chi connectivity index (χ0n) is 18.3. The van der Waals surface area contributed by atoms with Crippen molar-refractivity contribution in [3.63, 3.8) is 0 Å². The van der Waals surface area contributed by atoms with Crippen molar-refractivity contribution >= 4 is 14.6 Å². The molecule has 0 rings (SSSR count). The van der Waals surface area contributed by atoms with Gasteiger partial charge in [0.25, 0.3) is 0 Å². The minimum atomic E-state index is -1.72. The first kappa shape index (κ1) is 23.3. The van der Waals surface area contributed by atoms with Crippen LogP contribution in [-0.4, -0.2) is 44.7 Å². The Morgan fingerprint density at radius 1 is 0.542 bits per heavy atom. The van der Waals surface area contributed by atoms with Gasteiger partial charge in [-0.3, -0.25) is 0 Å². The van der Waals surface area contributed by atoms with E-state index in [-0.39, 0.29) is 22.2 Å². The van der Waals surface area contributed by atoms with E-state index in [1.807, 2.05) is 0 Å². The van der Waals surface area contributed by atoms with Gasteiger partial charge in [-0.05, 0) is 83.1 Å². The number of hydrogen-bond acceptors (Lipinski definition) is 4. The van der Waals surface area contributed by atoms with Gasteiger partial charge in [0.15, 0.2) is 0 Å². The molecular formula is C17H39AlN6. The third-order valence-corrected chi connectivity index (χ3v) is 6.14. The van der Waals surface area contributed by atoms with Gasteiger partial charge in [-0.25, -0.2) is 0 Å². The van der Waals surface area contributed by atoms with Crippen LogP contribution in [0.5, 0.6) is 0 Å². The second-order valence-electron chi connectivity index (χ2n) is 10.4. The van der Waals surface area contributed by atoms with Gasteiger partial charge in [-0.2, -0.15) is 10.2 Å². The molecule has 0 aliphatic carbocycles. The highest BCUT2D eigenvalue weighted by atomic mass is 27.2. The average molecular weight is 355 g/mol. The van der Waals surface area contributed by atoms with E-state index in [1.54, 1.807) is 0 Å². The Hall–Kier alpha value is -0.668. The maximum atomic E-state index is 4.62. The molecule has 140 valence electrons. The van der Waals surface area contributed by atoms with Crippen LogP contribution in [0.1, 0.15) is 83.1 Å². The van der Waals surface area contributed by atoms with Crippen LogP contribution in [0, 0.1) is 0 Å². The van der Waals surface area contributed by atoms with E-state index in [4.69, 9.17) is 0 Å². The Morgan fingerprint density at radius 2 is 0.792 bits per heavy atom. The van der Waals surface area contributed by atoms with Gasteiger partial charge >= 0.3 is 14.6 Å². The number of nitrogens with zero attached hydrogens (tertiary/aromatic N) is 6. The summed E-state index contributed by atoms with van der Waals surface area (Å²) in [5.41, 5.74) is -0.642. The third kappa shape index (κ3) is 8.98. The quantitative estimate of drug-likeness (QED) is 0.373. The van der Waals surface area contributed by atoms with Gasteiger partial charge in [0.2, 0.25) is 0 Å². The maximum Gasteiger partial charge on any atom is 0.609 e. The van der Waals surface area contributed by atoms with E-state index >= 15 is 0 Å². The summed E-state index contributed by atoms with van der Waals surface area (Å²) in [6, 6.07) is 0. The van der Waals surface area contributed by atoms with Crippen LogP contribution < -0.4 is 0 Å². The van der Waals surface area contributed by atoms with Crippen molar-refractivity contribution < 1.29 is 0 Å². The number of rotatable bonds is 4. The highest BCUT2D eigenvalue weighted by Crippen LogP contribution is 2.25. The molecule has 6 nitrogen and oxygen atoms in total. The lowest BCUT2D eigenvalue weighted by Crippen LogP contribution is -2.58. The monoisotopic (exact) mass is 354 g/mol. The van der Waals surface area contributed by atoms with Crippen molar-refractivity contribution in [2.45, 2.75) is 111 Å². The molecule has 0 aromatic heterocycles. The van der Waals surface area contributed by atoms with Crippen molar-refractivity contribution in [2.75, 3.05) is 0 Å². The topological polar surface area (TPSA) is 55.9 Å². The first-order valence-electron chi connectivity index (χ1n) is 8.79. The van der Waals surface area contributed by atoms with E-state index in [2.05, 4.69) is 118 Å². The molecule has 0 amide bonds. The largest absolute Gasteiger partial charge is 0.609 e. The molecule has 0 aliphatic heterocycles. The lowest BCUT2D eigenvalue weighted by atomic mass is 10.1. The summed E-state index contributed by atoms with van der Waals surface area (Å²) in [6.45, 7) is 25.4. The Bertz CT molecular complexity index is 404. The normalized spacial score (nSPS) is 14.5. The minimum Gasteiger partial charge on any atom is -0.340 e. The Morgan fingerprint density at radius 3 is 0.958 bits per heavy atom. The molecule has 24 heavy (non-hydrogen) atoms. The first-order chi connectivity index (χ1) is 10.3. The molecule has 0 aliphatic rings. The molecule has 0 atom stereocenters. The third-order valence-electron chi connectivity index (χ3n) is 2.96. The molecule has 0 N–H and O–H groups in total. The second-order valence-corrected chi connectivity index (χ2v) is 12.6. The van der Waals surface area contributed by atoms with Crippen LogP contribution in [0.3, 0.4) is 0 Å². The molecule has 0 bridgehead atoms. The van der Waals surface area contributed by atoms with Crippen LogP contribution in [0.2, 0.25) is 5.79 Å². The van der Waals surface area contributed by atoms with Gasteiger partial charge in [-0.15, -0.1) is 10.4 Å². The fourth-order valence-corrected chi connectivity index (χ4v) is 4.86. The highest BCUT2D eigenvalue weighted by molar-refractivity contribution is 6.51. The fourth-order valence-electron chi connectivity index (χ4n) is 2.01. The fraction of sp³-hybridized carbons (Fsp3) is 1.00. The van der Waals surface area contributed by atoms with Crippen molar-refractivity contribution in [1.29, 1.82) is 0 Å². The van der Waals surface area contributed by atoms with E-state index in [1.165, 1.54) is 0 Å². The summed E-state index contributed by atoms with van der Waals surface area (Å²) in [5, 5.41) is 18.3. The highest BCUT2D eigenvalue weighted by Gasteiger charge is 2.42. The molecule has 0 heterocycles. The molecular weight excluding hydrogens is 315 g/mol. The van der Waals surface area contributed by atoms with Crippen LogP contribution in [-0.2, 0) is 0 Å². The first-order valence-corrected chi connectivity index (χ1v) is 11.0. The SMILES string of the molecule is [CH3][Al]([N](N=NC(C)(C)C)C(C)(C)C)[N](N=NC(C)(C)C)C(C)(C)C. The van der Waals surface area contributed by atoms with Crippen molar-refractivity contribution in [2.24, 2.45) is 20.7 Å². The lowest BCUT2D eigenvalue weighted by molar-refractivity contribution is 0.163. The number of hydrogen-bond donors (Lipinski definition) is 0. The Balaban J connectivity index is 5.80. The molecule has 0 radical (unpaired) electrons. The molecule has 0 fully saturated rings.